The molecular weight excluding hydrogens is 438 g/mol. The summed E-state index contributed by atoms with van der Waals surface area (Å²) in [7, 11) is 1.32. The average molecular weight is 461 g/mol. The number of amidine groups is 1. The summed E-state index contributed by atoms with van der Waals surface area (Å²) in [6.45, 7) is 2.30. The van der Waals surface area contributed by atoms with Gasteiger partial charge in [0.25, 0.3) is 15.9 Å². The average Bonchev–Trinajstić information content (AvgIpc) is 3.38. The van der Waals surface area contributed by atoms with Gasteiger partial charge in [0, 0.05) is 17.5 Å². The first-order valence-electron chi connectivity index (χ1n) is 10.2. The Bertz CT molecular complexity index is 1170. The molecule has 1 spiro atoms. The van der Waals surface area contributed by atoms with Crippen molar-refractivity contribution in [2.75, 3.05) is 11.3 Å². The highest BCUT2D eigenvalue weighted by Crippen LogP contribution is 2.55. The highest BCUT2D eigenvalue weighted by atomic mass is 32.2. The van der Waals surface area contributed by atoms with Crippen molar-refractivity contribution in [3.8, 4) is 0 Å². The molecule has 2 aromatic rings. The number of hydrogen-bond donors (Lipinski definition) is 2. The molecule has 32 heavy (non-hydrogen) atoms. The van der Waals surface area contributed by atoms with Gasteiger partial charge in [-0.15, -0.1) is 0 Å². The number of benzene rings is 2. The third-order valence-electron chi connectivity index (χ3n) is 6.13. The van der Waals surface area contributed by atoms with E-state index in [9.17, 15) is 21.6 Å². The molecule has 2 fully saturated rings. The number of halogens is 3. The largest absolute Gasteiger partial charge is 0.345 e. The Kier molecular flexibility index (Phi) is 5.15. The molecule has 10 heteroatoms. The fourth-order valence-corrected chi connectivity index (χ4v) is 5.38. The van der Waals surface area contributed by atoms with Crippen molar-refractivity contribution in [1.29, 1.82) is 5.41 Å². The lowest BCUT2D eigenvalue weighted by Gasteiger charge is -2.28. The molecule has 2 N–H and O–H groups in total. The fourth-order valence-electron chi connectivity index (χ4n) is 4.30. The van der Waals surface area contributed by atoms with E-state index in [1.165, 1.54) is 35.2 Å². The molecule has 1 aliphatic carbocycles. The smallest absolute Gasteiger partial charge is 0.267 e. The van der Waals surface area contributed by atoms with Crippen LogP contribution in [0.5, 0.6) is 0 Å². The molecule has 5 nitrogen and oxygen atoms in total. The third-order valence-corrected chi connectivity index (χ3v) is 7.51. The van der Waals surface area contributed by atoms with E-state index < -0.39 is 33.6 Å². The van der Waals surface area contributed by atoms with Gasteiger partial charge in [-0.3, -0.25) is 14.5 Å². The van der Waals surface area contributed by atoms with Gasteiger partial charge in [0.15, 0.2) is 0 Å². The maximum absolute atomic E-state index is 14.1. The van der Waals surface area contributed by atoms with Gasteiger partial charge in [0.2, 0.25) is 0 Å². The standard InChI is InChI=1S/C22H23BF3N3O2S/c1-14-4-3-5-17(18(14)19(27)29-13-22(25,26)12-21(29)10-11-21)28-32(30,31)16-8-6-15(7-9-16)20(2,23)24/h3-9,27-28H,10-13H2,1-2H3. The Morgan fingerprint density at radius 1 is 1.19 bits per heavy atom. The molecule has 1 aliphatic heterocycles. The second-order valence-electron chi connectivity index (χ2n) is 8.89. The Labute approximate surface area is 187 Å². The zero-order valence-electron chi connectivity index (χ0n) is 17.8. The van der Waals surface area contributed by atoms with Crippen LogP contribution in [0.4, 0.5) is 18.9 Å². The molecule has 168 valence electrons. The number of anilines is 1. The number of nitrogens with zero attached hydrogens (tertiary/aromatic N) is 1. The molecular formula is C22H23BF3N3O2S. The first-order valence-corrected chi connectivity index (χ1v) is 11.7. The van der Waals surface area contributed by atoms with Gasteiger partial charge in [-0.05, 0) is 56.0 Å². The van der Waals surface area contributed by atoms with Crippen LogP contribution >= 0.6 is 0 Å². The monoisotopic (exact) mass is 461 g/mol. The lowest BCUT2D eigenvalue weighted by molar-refractivity contribution is 0.0161. The molecule has 1 unspecified atom stereocenters. The number of aryl methyl sites for hydroxylation is 1. The topological polar surface area (TPSA) is 73.3 Å². The zero-order valence-corrected chi connectivity index (χ0v) is 18.6. The normalized spacial score (nSPS) is 20.7. The Morgan fingerprint density at radius 2 is 1.81 bits per heavy atom. The van der Waals surface area contributed by atoms with E-state index in [-0.39, 0.29) is 34.0 Å². The highest BCUT2D eigenvalue weighted by molar-refractivity contribution is 7.92. The molecule has 2 aromatic carbocycles. The van der Waals surface area contributed by atoms with Crippen LogP contribution in [-0.2, 0) is 15.6 Å². The van der Waals surface area contributed by atoms with Gasteiger partial charge in [-0.1, -0.05) is 24.3 Å². The summed E-state index contributed by atoms with van der Waals surface area (Å²) >= 11 is 0. The second kappa shape index (κ2) is 7.26. The highest BCUT2D eigenvalue weighted by Gasteiger charge is 2.62. The predicted octanol–water partition coefficient (Wildman–Crippen LogP) is 4.31. The van der Waals surface area contributed by atoms with Crippen LogP contribution in [0.15, 0.2) is 47.4 Å². The second-order valence-corrected chi connectivity index (χ2v) is 10.6. The fraction of sp³-hybridized carbons (Fsp3) is 0.409. The SMILES string of the molecule is [B]C(C)(F)c1ccc(S(=O)(=O)Nc2cccc(C)c2C(=N)N2CC(F)(F)CC23CC3)cc1. The van der Waals surface area contributed by atoms with E-state index in [4.69, 9.17) is 13.3 Å². The van der Waals surface area contributed by atoms with Crippen LogP contribution in [0, 0.1) is 12.3 Å². The summed E-state index contributed by atoms with van der Waals surface area (Å²) < 4.78 is 70.6. The van der Waals surface area contributed by atoms with E-state index in [0.29, 0.717) is 18.4 Å². The summed E-state index contributed by atoms with van der Waals surface area (Å²) in [5.41, 5.74) is -1.73. The minimum atomic E-state index is -4.08. The van der Waals surface area contributed by atoms with Crippen molar-refractivity contribution >= 4 is 29.4 Å². The maximum Gasteiger partial charge on any atom is 0.267 e. The molecule has 1 saturated heterocycles. The number of hydrogen-bond acceptors (Lipinski definition) is 3. The van der Waals surface area contributed by atoms with Gasteiger partial charge < -0.3 is 4.90 Å². The van der Waals surface area contributed by atoms with Crippen LogP contribution in [0.3, 0.4) is 0 Å². The molecule has 0 bridgehead atoms. The van der Waals surface area contributed by atoms with Gasteiger partial charge in [0.05, 0.1) is 22.7 Å². The summed E-state index contributed by atoms with van der Waals surface area (Å²) in [5, 5.41) is 8.69. The Hall–Kier alpha value is -2.49. The first-order chi connectivity index (χ1) is 14.7. The van der Waals surface area contributed by atoms with Gasteiger partial charge in [-0.25, -0.2) is 17.2 Å². The summed E-state index contributed by atoms with van der Waals surface area (Å²) in [5.74, 6) is -3.01. The molecule has 4 rings (SSSR count). The molecule has 2 aliphatic rings. The molecule has 0 aromatic heterocycles. The molecule has 2 radical (unpaired) electrons. The van der Waals surface area contributed by atoms with Gasteiger partial charge in [0.1, 0.15) is 13.7 Å². The van der Waals surface area contributed by atoms with E-state index >= 15 is 0 Å². The molecule has 0 amide bonds. The maximum atomic E-state index is 14.1. The number of likely N-dealkylation sites (tertiary alicyclic amines) is 1. The van der Waals surface area contributed by atoms with Crippen LogP contribution in [0.2, 0.25) is 0 Å². The summed E-state index contributed by atoms with van der Waals surface area (Å²) in [6, 6.07) is 9.88. The van der Waals surface area contributed by atoms with Crippen molar-refractivity contribution in [1.82, 2.24) is 4.90 Å². The summed E-state index contributed by atoms with van der Waals surface area (Å²) in [4.78, 5) is 1.29. The van der Waals surface area contributed by atoms with Crippen molar-refractivity contribution in [3.63, 3.8) is 0 Å². The van der Waals surface area contributed by atoms with Crippen molar-refractivity contribution in [2.45, 2.75) is 55.0 Å². The van der Waals surface area contributed by atoms with E-state index in [1.807, 2.05) is 0 Å². The number of nitrogens with one attached hydrogen (secondary N) is 2. The summed E-state index contributed by atoms with van der Waals surface area (Å²) in [6.07, 6.45) is 0.869. The Balaban J connectivity index is 1.66. The van der Waals surface area contributed by atoms with Crippen molar-refractivity contribution in [2.24, 2.45) is 0 Å². The van der Waals surface area contributed by atoms with E-state index in [1.54, 1.807) is 19.1 Å². The number of rotatable bonds is 5. The number of alkyl halides is 3. The minimum absolute atomic E-state index is 0.115. The van der Waals surface area contributed by atoms with E-state index in [0.717, 1.165) is 6.92 Å². The zero-order chi connectivity index (χ0) is 23.5. The predicted molar refractivity (Wildman–Crippen MR) is 118 cm³/mol. The Morgan fingerprint density at radius 3 is 2.38 bits per heavy atom. The third kappa shape index (κ3) is 4.12. The van der Waals surface area contributed by atoms with Gasteiger partial charge in [-0.2, -0.15) is 0 Å². The first kappa shape index (κ1) is 22.7. The number of sulfonamides is 1. The minimum Gasteiger partial charge on any atom is -0.345 e. The lowest BCUT2D eigenvalue weighted by Crippen LogP contribution is -2.38. The quantitative estimate of drug-likeness (QED) is 0.396. The van der Waals surface area contributed by atoms with Gasteiger partial charge >= 0.3 is 0 Å². The molecule has 1 heterocycles. The van der Waals surface area contributed by atoms with Crippen LogP contribution < -0.4 is 4.72 Å². The van der Waals surface area contributed by atoms with Crippen LogP contribution in [0.25, 0.3) is 0 Å². The molecule has 1 atom stereocenters. The van der Waals surface area contributed by atoms with Crippen molar-refractivity contribution < 1.29 is 21.6 Å². The van der Waals surface area contributed by atoms with Crippen LogP contribution in [-0.4, -0.2) is 45.0 Å². The molecule has 1 saturated carbocycles. The van der Waals surface area contributed by atoms with E-state index in [2.05, 4.69) is 4.72 Å². The van der Waals surface area contributed by atoms with Crippen molar-refractivity contribution in [3.05, 3.63) is 59.2 Å². The van der Waals surface area contributed by atoms with Crippen LogP contribution in [0.1, 0.15) is 42.9 Å². The lowest BCUT2D eigenvalue weighted by atomic mass is 9.79.